The molecule has 2 heteroatoms. The van der Waals surface area contributed by atoms with Gasteiger partial charge in [-0.3, -0.25) is 0 Å². The summed E-state index contributed by atoms with van der Waals surface area (Å²) in [4.78, 5) is 0. The van der Waals surface area contributed by atoms with Crippen LogP contribution in [0.25, 0.3) is 0 Å². The number of hydrogen-bond donors (Lipinski definition) is 1. The summed E-state index contributed by atoms with van der Waals surface area (Å²) in [5, 5.41) is 0. The molecule has 2 rings (SSSR count). The van der Waals surface area contributed by atoms with Gasteiger partial charge in [-0.15, -0.1) is 0 Å². The van der Waals surface area contributed by atoms with Gasteiger partial charge >= 0.3 is 0 Å². The third kappa shape index (κ3) is 5.24. The van der Waals surface area contributed by atoms with E-state index in [1.54, 1.807) is 0 Å². The highest BCUT2D eigenvalue weighted by Gasteiger charge is 1.99. The number of benzene rings is 2. The van der Waals surface area contributed by atoms with Crippen LogP contribution in [0.3, 0.4) is 0 Å². The van der Waals surface area contributed by atoms with Crippen LogP contribution in [0.2, 0.25) is 0 Å². The maximum absolute atomic E-state index is 5.82. The van der Waals surface area contributed by atoms with Crippen LogP contribution >= 0.6 is 0 Å². The van der Waals surface area contributed by atoms with E-state index < -0.39 is 0 Å². The zero-order chi connectivity index (χ0) is 15.1. The first-order valence-electron chi connectivity index (χ1n) is 7.72. The molecule has 0 aromatic heterocycles. The van der Waals surface area contributed by atoms with Gasteiger partial charge < -0.3 is 10.5 Å². The number of aryl methyl sites for hydroxylation is 2. The van der Waals surface area contributed by atoms with Crippen molar-refractivity contribution in [3.63, 3.8) is 0 Å². The van der Waals surface area contributed by atoms with Gasteiger partial charge in [-0.2, -0.15) is 0 Å². The molecular formula is C19H25NO. The molecule has 112 valence electrons. The van der Waals surface area contributed by atoms with Crippen molar-refractivity contribution < 1.29 is 4.74 Å². The van der Waals surface area contributed by atoms with E-state index in [0.29, 0.717) is 6.61 Å². The van der Waals surface area contributed by atoms with Gasteiger partial charge in [0.15, 0.2) is 0 Å². The van der Waals surface area contributed by atoms with Crippen molar-refractivity contribution in [2.24, 2.45) is 5.73 Å². The molecule has 0 amide bonds. The number of hydrogen-bond acceptors (Lipinski definition) is 2. The van der Waals surface area contributed by atoms with Crippen LogP contribution in [0.5, 0.6) is 5.75 Å². The third-order valence-electron chi connectivity index (χ3n) is 3.65. The average molecular weight is 283 g/mol. The van der Waals surface area contributed by atoms with Crippen LogP contribution in [0.1, 0.15) is 37.0 Å². The highest BCUT2D eigenvalue weighted by atomic mass is 16.5. The van der Waals surface area contributed by atoms with Gasteiger partial charge in [-0.25, -0.2) is 0 Å². The lowest BCUT2D eigenvalue weighted by Gasteiger charge is -2.09. The Balaban J connectivity index is 1.85. The summed E-state index contributed by atoms with van der Waals surface area (Å²) in [5.41, 5.74) is 9.65. The van der Waals surface area contributed by atoms with Gasteiger partial charge in [0.25, 0.3) is 0 Å². The van der Waals surface area contributed by atoms with Crippen molar-refractivity contribution in [2.45, 2.75) is 45.8 Å². The van der Waals surface area contributed by atoms with Crippen molar-refractivity contribution in [3.05, 3.63) is 65.2 Å². The molecular weight excluding hydrogens is 258 g/mol. The van der Waals surface area contributed by atoms with E-state index in [0.717, 1.165) is 25.0 Å². The molecule has 0 heterocycles. The lowest BCUT2D eigenvalue weighted by Crippen LogP contribution is -2.15. The van der Waals surface area contributed by atoms with E-state index in [-0.39, 0.29) is 6.04 Å². The Kier molecular flexibility index (Phi) is 5.82. The third-order valence-corrected chi connectivity index (χ3v) is 3.65. The Morgan fingerprint density at radius 3 is 2.05 bits per heavy atom. The first-order valence-corrected chi connectivity index (χ1v) is 7.72. The van der Waals surface area contributed by atoms with Gasteiger partial charge in [0.2, 0.25) is 0 Å². The largest absolute Gasteiger partial charge is 0.489 e. The SMILES string of the molecule is CCc1ccc(COc2ccc(CCC(C)N)cc2)cc1. The molecule has 2 nitrogen and oxygen atoms in total. The lowest BCUT2D eigenvalue weighted by molar-refractivity contribution is 0.306. The summed E-state index contributed by atoms with van der Waals surface area (Å²) in [5.74, 6) is 0.916. The van der Waals surface area contributed by atoms with Gasteiger partial charge in [-0.05, 0) is 55.0 Å². The molecule has 1 atom stereocenters. The van der Waals surface area contributed by atoms with Gasteiger partial charge in [-0.1, -0.05) is 43.3 Å². The zero-order valence-electron chi connectivity index (χ0n) is 13.0. The van der Waals surface area contributed by atoms with Crippen molar-refractivity contribution in [1.82, 2.24) is 0 Å². The van der Waals surface area contributed by atoms with Gasteiger partial charge in [0.1, 0.15) is 12.4 Å². The predicted octanol–water partition coefficient (Wildman–Crippen LogP) is 4.11. The van der Waals surface area contributed by atoms with Crippen molar-refractivity contribution in [3.8, 4) is 5.75 Å². The van der Waals surface area contributed by atoms with Crippen molar-refractivity contribution in [2.75, 3.05) is 0 Å². The zero-order valence-corrected chi connectivity index (χ0v) is 13.0. The molecule has 0 saturated carbocycles. The highest BCUT2D eigenvalue weighted by Crippen LogP contribution is 2.16. The van der Waals surface area contributed by atoms with Crippen LogP contribution in [-0.2, 0) is 19.4 Å². The van der Waals surface area contributed by atoms with E-state index in [2.05, 4.69) is 43.3 Å². The Bertz CT molecular complexity index is 528. The Hall–Kier alpha value is -1.80. The molecule has 2 N–H and O–H groups in total. The minimum Gasteiger partial charge on any atom is -0.489 e. The fourth-order valence-corrected chi connectivity index (χ4v) is 2.18. The first kappa shape index (κ1) is 15.6. The quantitative estimate of drug-likeness (QED) is 0.830. The fourth-order valence-electron chi connectivity index (χ4n) is 2.18. The molecule has 0 spiro atoms. The summed E-state index contributed by atoms with van der Waals surface area (Å²) in [6.07, 6.45) is 3.12. The topological polar surface area (TPSA) is 35.2 Å². The summed E-state index contributed by atoms with van der Waals surface area (Å²) >= 11 is 0. The second-order valence-corrected chi connectivity index (χ2v) is 5.62. The van der Waals surface area contributed by atoms with E-state index in [1.165, 1.54) is 16.7 Å². The van der Waals surface area contributed by atoms with Crippen LogP contribution < -0.4 is 10.5 Å². The highest BCUT2D eigenvalue weighted by molar-refractivity contribution is 5.28. The lowest BCUT2D eigenvalue weighted by atomic mass is 10.1. The van der Waals surface area contributed by atoms with Crippen LogP contribution in [0.15, 0.2) is 48.5 Å². The molecule has 0 fully saturated rings. The summed E-state index contributed by atoms with van der Waals surface area (Å²) in [7, 11) is 0. The Labute approximate surface area is 127 Å². The standard InChI is InChI=1S/C19H25NO/c1-3-16-6-8-18(9-7-16)14-21-19-12-10-17(11-13-19)5-4-15(2)20/h6-13,15H,3-5,14,20H2,1-2H3. The van der Waals surface area contributed by atoms with Crippen LogP contribution in [-0.4, -0.2) is 6.04 Å². The molecule has 0 saturated heterocycles. The molecule has 0 aliphatic rings. The second kappa shape index (κ2) is 7.84. The molecule has 0 bridgehead atoms. The summed E-state index contributed by atoms with van der Waals surface area (Å²) in [6, 6.07) is 17.2. The molecule has 2 aromatic carbocycles. The normalized spacial score (nSPS) is 12.1. The second-order valence-electron chi connectivity index (χ2n) is 5.62. The maximum atomic E-state index is 5.82. The summed E-state index contributed by atoms with van der Waals surface area (Å²) in [6.45, 7) is 4.82. The number of ether oxygens (including phenoxy) is 1. The molecule has 0 aliphatic heterocycles. The van der Waals surface area contributed by atoms with E-state index >= 15 is 0 Å². The maximum Gasteiger partial charge on any atom is 0.119 e. The Morgan fingerprint density at radius 1 is 0.905 bits per heavy atom. The minimum atomic E-state index is 0.256. The smallest absolute Gasteiger partial charge is 0.119 e. The van der Waals surface area contributed by atoms with E-state index in [1.807, 2.05) is 19.1 Å². The first-order chi connectivity index (χ1) is 10.2. The number of rotatable bonds is 7. The molecule has 2 aromatic rings. The average Bonchev–Trinajstić information content (AvgIpc) is 2.52. The van der Waals surface area contributed by atoms with Crippen molar-refractivity contribution >= 4 is 0 Å². The summed E-state index contributed by atoms with van der Waals surface area (Å²) < 4.78 is 5.82. The van der Waals surface area contributed by atoms with E-state index in [9.17, 15) is 0 Å². The van der Waals surface area contributed by atoms with Crippen LogP contribution in [0.4, 0.5) is 0 Å². The van der Waals surface area contributed by atoms with Crippen LogP contribution in [0, 0.1) is 0 Å². The van der Waals surface area contributed by atoms with Gasteiger partial charge in [0.05, 0.1) is 0 Å². The van der Waals surface area contributed by atoms with Gasteiger partial charge in [0, 0.05) is 6.04 Å². The number of nitrogens with two attached hydrogens (primary N) is 1. The minimum absolute atomic E-state index is 0.256. The fraction of sp³-hybridized carbons (Fsp3) is 0.368. The molecule has 21 heavy (non-hydrogen) atoms. The predicted molar refractivity (Wildman–Crippen MR) is 88.6 cm³/mol. The van der Waals surface area contributed by atoms with E-state index in [4.69, 9.17) is 10.5 Å². The molecule has 0 radical (unpaired) electrons. The molecule has 1 unspecified atom stereocenters. The van der Waals surface area contributed by atoms with Crippen molar-refractivity contribution in [1.29, 1.82) is 0 Å². The Morgan fingerprint density at radius 2 is 1.48 bits per heavy atom. The monoisotopic (exact) mass is 283 g/mol. The molecule has 0 aliphatic carbocycles.